The molecule has 0 unspecified atom stereocenters. The molecule has 0 saturated carbocycles. The molecule has 31 heavy (non-hydrogen) atoms. The third-order valence-electron chi connectivity index (χ3n) is 5.48. The highest BCUT2D eigenvalue weighted by atomic mass is 31.2. The third kappa shape index (κ3) is 4.70. The van der Waals surface area contributed by atoms with Crippen LogP contribution >= 0.6 is 7.26 Å². The number of ether oxygens (including phenoxy) is 1. The highest BCUT2D eigenvalue weighted by molar-refractivity contribution is 7.95. The van der Waals surface area contributed by atoms with Crippen molar-refractivity contribution in [2.45, 2.75) is 19.5 Å². The maximum atomic E-state index is 13.6. The molecule has 4 rings (SSSR count). The number of halogens is 1. The van der Waals surface area contributed by atoms with Crippen molar-refractivity contribution >= 4 is 23.2 Å². The minimum absolute atomic E-state index is 0.204. The van der Waals surface area contributed by atoms with Crippen LogP contribution < -0.4 is 20.7 Å². The fourth-order valence-electron chi connectivity index (χ4n) is 3.97. The molecule has 156 valence electrons. The first-order chi connectivity index (χ1) is 15.2. The van der Waals surface area contributed by atoms with Crippen LogP contribution in [0.15, 0.2) is 109 Å². The van der Waals surface area contributed by atoms with E-state index in [1.165, 1.54) is 15.9 Å². The normalized spacial score (nSPS) is 11.3. The molecular formula is C28H27FOP+. The van der Waals surface area contributed by atoms with Gasteiger partial charge in [0.15, 0.2) is 0 Å². The molecule has 0 bridgehead atoms. The Morgan fingerprint density at radius 1 is 0.645 bits per heavy atom. The zero-order valence-corrected chi connectivity index (χ0v) is 18.6. The van der Waals surface area contributed by atoms with Crippen LogP contribution in [0.1, 0.15) is 18.9 Å². The average Bonchev–Trinajstić information content (AvgIpc) is 2.84. The Hall–Kier alpha value is -2.96. The third-order valence-corrected chi connectivity index (χ3v) is 9.86. The van der Waals surface area contributed by atoms with Gasteiger partial charge in [-0.05, 0) is 72.6 Å². The molecular weight excluding hydrogens is 402 g/mol. The summed E-state index contributed by atoms with van der Waals surface area (Å²) >= 11 is 0. The Balaban J connectivity index is 1.90. The Bertz CT molecular complexity index is 1040. The van der Waals surface area contributed by atoms with Crippen molar-refractivity contribution in [3.05, 3.63) is 121 Å². The SMILES string of the molecule is CCCOc1ccc([P+](Cc2ccc(F)cc2)(c2ccccc2)c2ccccc2)cc1. The molecule has 0 aliphatic rings. The number of rotatable bonds is 8. The molecule has 0 aromatic heterocycles. The molecule has 4 aromatic rings. The van der Waals surface area contributed by atoms with Crippen molar-refractivity contribution < 1.29 is 9.13 Å². The number of benzene rings is 4. The molecule has 1 nitrogen and oxygen atoms in total. The zero-order valence-electron chi connectivity index (χ0n) is 17.7. The zero-order chi connectivity index (χ0) is 21.5. The van der Waals surface area contributed by atoms with Crippen molar-refractivity contribution in [2.75, 3.05) is 6.61 Å². The molecule has 0 atom stereocenters. The van der Waals surface area contributed by atoms with E-state index in [4.69, 9.17) is 4.74 Å². The average molecular weight is 429 g/mol. The fourth-order valence-corrected chi connectivity index (χ4v) is 8.19. The van der Waals surface area contributed by atoms with Gasteiger partial charge in [-0.15, -0.1) is 0 Å². The van der Waals surface area contributed by atoms with Crippen LogP contribution in [-0.4, -0.2) is 6.61 Å². The molecule has 0 heterocycles. The molecule has 0 spiro atoms. The molecule has 0 radical (unpaired) electrons. The van der Waals surface area contributed by atoms with E-state index in [9.17, 15) is 4.39 Å². The molecule has 0 N–H and O–H groups in total. The minimum atomic E-state index is -2.01. The van der Waals surface area contributed by atoms with Gasteiger partial charge in [0.05, 0.1) is 12.8 Å². The van der Waals surface area contributed by atoms with Crippen LogP contribution in [-0.2, 0) is 6.16 Å². The second kappa shape index (κ2) is 9.90. The van der Waals surface area contributed by atoms with Gasteiger partial charge in [0, 0.05) is 0 Å². The predicted octanol–water partition coefficient (Wildman–Crippen LogP) is 6.11. The Morgan fingerprint density at radius 2 is 1.16 bits per heavy atom. The monoisotopic (exact) mass is 429 g/mol. The van der Waals surface area contributed by atoms with Gasteiger partial charge in [-0.25, -0.2) is 4.39 Å². The van der Waals surface area contributed by atoms with E-state index in [0.717, 1.165) is 23.9 Å². The van der Waals surface area contributed by atoms with Crippen molar-refractivity contribution in [2.24, 2.45) is 0 Å². The Labute approximate surface area is 184 Å². The first-order valence-corrected chi connectivity index (χ1v) is 12.7. The van der Waals surface area contributed by atoms with Gasteiger partial charge in [0.25, 0.3) is 0 Å². The molecule has 0 fully saturated rings. The minimum Gasteiger partial charge on any atom is -0.494 e. The topological polar surface area (TPSA) is 9.23 Å². The summed E-state index contributed by atoms with van der Waals surface area (Å²) < 4.78 is 19.5. The molecule has 3 heteroatoms. The summed E-state index contributed by atoms with van der Waals surface area (Å²) in [6.45, 7) is 2.82. The standard InChI is InChI=1S/C28H27FOP/c1-2-21-30-25-17-19-28(20-18-25)31(26-9-5-3-6-10-26,27-11-7-4-8-12-27)22-23-13-15-24(29)16-14-23/h3-20H,2,21-22H2,1H3/q+1. The molecule has 4 aromatic carbocycles. The lowest BCUT2D eigenvalue weighted by molar-refractivity contribution is 0.317. The highest BCUT2D eigenvalue weighted by Crippen LogP contribution is 2.58. The highest BCUT2D eigenvalue weighted by Gasteiger charge is 2.45. The van der Waals surface area contributed by atoms with Gasteiger partial charge in [-0.3, -0.25) is 0 Å². The summed E-state index contributed by atoms with van der Waals surface area (Å²) in [5.41, 5.74) is 1.13. The van der Waals surface area contributed by atoms with Crippen LogP contribution in [0.5, 0.6) is 5.75 Å². The van der Waals surface area contributed by atoms with E-state index in [1.54, 1.807) is 12.1 Å². The van der Waals surface area contributed by atoms with E-state index in [1.807, 2.05) is 12.1 Å². The maximum Gasteiger partial charge on any atom is 0.123 e. The summed E-state index contributed by atoms with van der Waals surface area (Å²) in [6.07, 6.45) is 1.81. The summed E-state index contributed by atoms with van der Waals surface area (Å²) in [6, 6.07) is 37.0. The lowest BCUT2D eigenvalue weighted by Gasteiger charge is -2.28. The van der Waals surface area contributed by atoms with E-state index in [-0.39, 0.29) is 5.82 Å². The van der Waals surface area contributed by atoms with E-state index < -0.39 is 7.26 Å². The van der Waals surface area contributed by atoms with Crippen LogP contribution in [0.25, 0.3) is 0 Å². The van der Waals surface area contributed by atoms with Gasteiger partial charge in [-0.1, -0.05) is 55.5 Å². The first-order valence-electron chi connectivity index (χ1n) is 10.7. The predicted molar refractivity (Wildman–Crippen MR) is 131 cm³/mol. The van der Waals surface area contributed by atoms with Crippen molar-refractivity contribution in [3.63, 3.8) is 0 Å². The van der Waals surface area contributed by atoms with Crippen molar-refractivity contribution in [1.82, 2.24) is 0 Å². The second-order valence-electron chi connectivity index (χ2n) is 7.61. The second-order valence-corrected chi connectivity index (χ2v) is 11.1. The molecule has 0 aliphatic heterocycles. The number of hydrogen-bond donors (Lipinski definition) is 0. The largest absolute Gasteiger partial charge is 0.494 e. The van der Waals surface area contributed by atoms with E-state index >= 15 is 0 Å². The smallest absolute Gasteiger partial charge is 0.123 e. The molecule has 0 aliphatic carbocycles. The fraction of sp³-hybridized carbons (Fsp3) is 0.143. The maximum absolute atomic E-state index is 13.6. The van der Waals surface area contributed by atoms with Gasteiger partial charge in [0.2, 0.25) is 0 Å². The lowest BCUT2D eigenvalue weighted by atomic mass is 10.2. The van der Waals surface area contributed by atoms with E-state index in [0.29, 0.717) is 6.61 Å². The molecule has 0 saturated heterocycles. The van der Waals surface area contributed by atoms with Crippen molar-refractivity contribution in [1.29, 1.82) is 0 Å². The summed E-state index contributed by atoms with van der Waals surface area (Å²) in [5.74, 6) is 0.691. The summed E-state index contributed by atoms with van der Waals surface area (Å²) in [7, 11) is -2.01. The van der Waals surface area contributed by atoms with Crippen molar-refractivity contribution in [3.8, 4) is 5.75 Å². The van der Waals surface area contributed by atoms with Gasteiger partial charge >= 0.3 is 0 Å². The van der Waals surface area contributed by atoms with Crippen LogP contribution in [0.2, 0.25) is 0 Å². The number of hydrogen-bond acceptors (Lipinski definition) is 1. The Kier molecular flexibility index (Phi) is 6.79. The van der Waals surface area contributed by atoms with E-state index in [2.05, 4.69) is 91.9 Å². The quantitative estimate of drug-likeness (QED) is 0.307. The van der Waals surface area contributed by atoms with Crippen LogP contribution in [0.4, 0.5) is 4.39 Å². The summed E-state index contributed by atoms with van der Waals surface area (Å²) in [4.78, 5) is 0. The van der Waals surface area contributed by atoms with Crippen LogP contribution in [0, 0.1) is 5.82 Å². The first kappa shape index (κ1) is 21.3. The van der Waals surface area contributed by atoms with Gasteiger partial charge in [-0.2, -0.15) is 0 Å². The van der Waals surface area contributed by atoms with Crippen LogP contribution in [0.3, 0.4) is 0 Å². The van der Waals surface area contributed by atoms with Gasteiger partial charge in [0.1, 0.15) is 34.7 Å². The summed E-state index contributed by atoms with van der Waals surface area (Å²) in [5, 5.41) is 3.92. The lowest BCUT2D eigenvalue weighted by Crippen LogP contribution is -2.32. The van der Waals surface area contributed by atoms with Gasteiger partial charge < -0.3 is 4.74 Å². The Morgan fingerprint density at radius 3 is 1.68 bits per heavy atom. The molecule has 0 amide bonds.